The predicted molar refractivity (Wildman–Crippen MR) is 91.1 cm³/mol. The molecule has 1 N–H and O–H groups in total. The second kappa shape index (κ2) is 7.37. The van der Waals surface area contributed by atoms with E-state index in [0.29, 0.717) is 10.4 Å². The molecule has 0 saturated heterocycles. The van der Waals surface area contributed by atoms with Crippen LogP contribution >= 0.6 is 11.3 Å². The highest BCUT2D eigenvalue weighted by atomic mass is 32.1. The molecule has 0 aliphatic heterocycles. The van der Waals surface area contributed by atoms with E-state index >= 15 is 0 Å². The van der Waals surface area contributed by atoms with Crippen LogP contribution < -0.4 is 10.1 Å². The van der Waals surface area contributed by atoms with E-state index in [0.717, 1.165) is 5.56 Å². The molecule has 0 saturated carbocycles. The number of thiazole rings is 1. The van der Waals surface area contributed by atoms with Gasteiger partial charge in [-0.3, -0.25) is 9.59 Å². The monoisotopic (exact) mass is 331 g/mol. The molecule has 1 aromatic carbocycles. The predicted octanol–water partition coefficient (Wildman–Crippen LogP) is 2.28. The van der Waals surface area contributed by atoms with Crippen molar-refractivity contribution in [1.82, 2.24) is 9.88 Å². The summed E-state index contributed by atoms with van der Waals surface area (Å²) < 4.78 is 1.78. The molecule has 23 heavy (non-hydrogen) atoms. The molecule has 2 rings (SSSR count). The van der Waals surface area contributed by atoms with Crippen molar-refractivity contribution in [2.75, 3.05) is 0 Å². The van der Waals surface area contributed by atoms with E-state index in [2.05, 4.69) is 10.3 Å². The Kier molecular flexibility index (Phi) is 5.50. The molecule has 1 aromatic heterocycles. The normalized spacial score (nSPS) is 13.2. The zero-order chi connectivity index (χ0) is 17.0. The Morgan fingerprint density at radius 3 is 2.52 bits per heavy atom. The van der Waals surface area contributed by atoms with Gasteiger partial charge in [0.2, 0.25) is 0 Å². The number of rotatable bonds is 4. The van der Waals surface area contributed by atoms with Crippen molar-refractivity contribution >= 4 is 23.2 Å². The largest absolute Gasteiger partial charge is 0.340 e. The van der Waals surface area contributed by atoms with Gasteiger partial charge in [0.1, 0.15) is 6.04 Å². The Hall–Kier alpha value is -2.21. The Morgan fingerprint density at radius 2 is 1.96 bits per heavy atom. The minimum absolute atomic E-state index is 0.0514. The molecule has 0 aliphatic rings. The molecule has 0 fully saturated rings. The third kappa shape index (κ3) is 4.16. The number of aryl methyl sites for hydroxylation is 2. The van der Waals surface area contributed by atoms with Gasteiger partial charge < -0.3 is 9.88 Å². The third-order valence-electron chi connectivity index (χ3n) is 3.57. The number of aromatic nitrogens is 1. The van der Waals surface area contributed by atoms with Crippen molar-refractivity contribution in [2.24, 2.45) is 18.0 Å². The van der Waals surface area contributed by atoms with Crippen molar-refractivity contribution in [3.8, 4) is 0 Å². The van der Waals surface area contributed by atoms with Crippen LogP contribution in [-0.2, 0) is 11.8 Å². The molecule has 6 heteroatoms. The number of carbonyl (C=O) groups excluding carboxylic acids is 2. The Bertz CT molecular complexity index is 774. The van der Waals surface area contributed by atoms with Gasteiger partial charge in [0.05, 0.1) is 0 Å². The fourth-order valence-electron chi connectivity index (χ4n) is 2.16. The zero-order valence-electron chi connectivity index (χ0n) is 13.7. The van der Waals surface area contributed by atoms with Crippen LogP contribution in [0.4, 0.5) is 0 Å². The first-order chi connectivity index (χ1) is 10.9. The summed E-state index contributed by atoms with van der Waals surface area (Å²) in [5.41, 5.74) is 1.45. The maximum absolute atomic E-state index is 12.5. The van der Waals surface area contributed by atoms with Gasteiger partial charge in [-0.25, -0.2) is 0 Å². The number of amides is 2. The summed E-state index contributed by atoms with van der Waals surface area (Å²) >= 11 is 1.39. The van der Waals surface area contributed by atoms with Gasteiger partial charge in [-0.15, -0.1) is 11.3 Å². The van der Waals surface area contributed by atoms with Crippen LogP contribution in [0.25, 0.3) is 0 Å². The molecular weight excluding hydrogens is 310 g/mol. The first-order valence-corrected chi connectivity index (χ1v) is 8.33. The average molecular weight is 331 g/mol. The van der Waals surface area contributed by atoms with Crippen LogP contribution in [0.5, 0.6) is 0 Å². The summed E-state index contributed by atoms with van der Waals surface area (Å²) in [5.74, 6) is -0.634. The maximum Gasteiger partial charge on any atom is 0.271 e. The van der Waals surface area contributed by atoms with Crippen LogP contribution in [-0.4, -0.2) is 22.4 Å². The van der Waals surface area contributed by atoms with Gasteiger partial charge in [-0.1, -0.05) is 32.0 Å². The van der Waals surface area contributed by atoms with Crippen molar-refractivity contribution in [1.29, 1.82) is 0 Å². The van der Waals surface area contributed by atoms with Crippen molar-refractivity contribution in [2.45, 2.75) is 26.8 Å². The molecule has 0 unspecified atom stereocenters. The molecule has 1 heterocycles. The summed E-state index contributed by atoms with van der Waals surface area (Å²) in [6.07, 6.45) is 1.84. The molecule has 1 atom stereocenters. The van der Waals surface area contributed by atoms with Gasteiger partial charge in [-0.05, 0) is 24.5 Å². The lowest BCUT2D eigenvalue weighted by molar-refractivity contribution is -0.120. The third-order valence-corrected chi connectivity index (χ3v) is 4.42. The van der Waals surface area contributed by atoms with Crippen molar-refractivity contribution in [3.63, 3.8) is 0 Å². The topological polar surface area (TPSA) is 63.5 Å². The molecule has 0 radical (unpaired) electrons. The average Bonchev–Trinajstić information content (AvgIpc) is 2.89. The number of benzene rings is 1. The smallest absolute Gasteiger partial charge is 0.271 e. The highest BCUT2D eigenvalue weighted by molar-refractivity contribution is 7.07. The van der Waals surface area contributed by atoms with Crippen LogP contribution in [0.15, 0.2) is 40.8 Å². The van der Waals surface area contributed by atoms with E-state index in [1.54, 1.807) is 10.6 Å². The van der Waals surface area contributed by atoms with Crippen molar-refractivity contribution in [3.05, 3.63) is 51.8 Å². The highest BCUT2D eigenvalue weighted by Crippen LogP contribution is 2.10. The number of carbonyl (C=O) groups is 2. The van der Waals surface area contributed by atoms with E-state index in [9.17, 15) is 9.59 Å². The Labute approximate surface area is 139 Å². The number of hydrogen-bond donors (Lipinski definition) is 1. The second-order valence-corrected chi connectivity index (χ2v) is 6.63. The first kappa shape index (κ1) is 17.1. The van der Waals surface area contributed by atoms with Crippen LogP contribution in [0.2, 0.25) is 0 Å². The second-order valence-electron chi connectivity index (χ2n) is 5.76. The van der Waals surface area contributed by atoms with E-state index < -0.39 is 6.04 Å². The minimum atomic E-state index is -0.649. The summed E-state index contributed by atoms with van der Waals surface area (Å²) in [4.78, 5) is 29.7. The standard InChI is InChI=1S/C17H21N3O2S/c1-11(2)14(16(22)19-17-20(4)9-10-23-17)18-15(21)13-8-6-5-7-12(13)3/h5-11,14H,1-4H3,(H,18,21)/t14-/m0/s1. The summed E-state index contributed by atoms with van der Waals surface area (Å²) in [7, 11) is 1.83. The fourth-order valence-corrected chi connectivity index (χ4v) is 2.89. The quantitative estimate of drug-likeness (QED) is 0.934. The van der Waals surface area contributed by atoms with Gasteiger partial charge in [0.25, 0.3) is 11.8 Å². The first-order valence-electron chi connectivity index (χ1n) is 7.45. The van der Waals surface area contributed by atoms with Gasteiger partial charge >= 0.3 is 0 Å². The Balaban J connectivity index is 2.23. The molecule has 0 spiro atoms. The van der Waals surface area contributed by atoms with Crippen LogP contribution in [0.1, 0.15) is 29.8 Å². The zero-order valence-corrected chi connectivity index (χ0v) is 14.6. The molecule has 2 aromatic rings. The van der Waals surface area contributed by atoms with Crippen molar-refractivity contribution < 1.29 is 9.59 Å². The lowest BCUT2D eigenvalue weighted by atomic mass is 10.0. The number of nitrogens with zero attached hydrogens (tertiary/aromatic N) is 2. The maximum atomic E-state index is 12.5. The molecule has 0 bridgehead atoms. The molecular formula is C17H21N3O2S. The molecule has 122 valence electrons. The van der Waals surface area contributed by atoms with E-state index in [4.69, 9.17) is 0 Å². The van der Waals surface area contributed by atoms with Crippen LogP contribution in [0.3, 0.4) is 0 Å². The number of hydrogen-bond acceptors (Lipinski definition) is 3. The van der Waals surface area contributed by atoms with Gasteiger partial charge in [0.15, 0.2) is 4.80 Å². The minimum Gasteiger partial charge on any atom is -0.340 e. The highest BCUT2D eigenvalue weighted by Gasteiger charge is 2.25. The lowest BCUT2D eigenvalue weighted by Gasteiger charge is -2.19. The SMILES string of the molecule is Cc1ccccc1C(=O)N[C@H](C(=O)N=c1sccn1C)C(C)C. The Morgan fingerprint density at radius 1 is 1.26 bits per heavy atom. The van der Waals surface area contributed by atoms with E-state index in [1.807, 2.05) is 57.6 Å². The fraction of sp³-hybridized carbons (Fsp3) is 0.353. The molecule has 5 nitrogen and oxygen atoms in total. The molecule has 2 amide bonds. The summed E-state index contributed by atoms with van der Waals surface area (Å²) in [6, 6.07) is 6.66. The van der Waals surface area contributed by atoms with Crippen LogP contribution in [0, 0.1) is 12.8 Å². The van der Waals surface area contributed by atoms with E-state index in [-0.39, 0.29) is 17.7 Å². The van der Waals surface area contributed by atoms with Gasteiger partial charge in [-0.2, -0.15) is 4.99 Å². The lowest BCUT2D eigenvalue weighted by Crippen LogP contribution is -2.44. The van der Waals surface area contributed by atoms with Gasteiger partial charge in [0, 0.05) is 24.2 Å². The number of nitrogens with one attached hydrogen (secondary N) is 1. The summed E-state index contributed by atoms with van der Waals surface area (Å²) in [5, 5.41) is 4.68. The van der Waals surface area contributed by atoms with E-state index in [1.165, 1.54) is 11.3 Å². The summed E-state index contributed by atoms with van der Waals surface area (Å²) in [6.45, 7) is 5.66. The molecule has 0 aliphatic carbocycles.